The molecule has 0 fully saturated rings. The highest BCUT2D eigenvalue weighted by molar-refractivity contribution is 6.02. The number of ketones is 1. The molecule has 0 aromatic heterocycles. The number of hydrogen-bond acceptors (Lipinski definition) is 6. The van der Waals surface area contributed by atoms with E-state index in [4.69, 9.17) is 9.47 Å². The molecule has 2 aromatic rings. The first kappa shape index (κ1) is 19.7. The lowest BCUT2D eigenvalue weighted by molar-refractivity contribution is -0.110. The van der Waals surface area contributed by atoms with E-state index in [0.29, 0.717) is 22.6 Å². The smallest absolute Gasteiger partial charge is 0.182 e. The van der Waals surface area contributed by atoms with Gasteiger partial charge in [0, 0.05) is 29.3 Å². The van der Waals surface area contributed by atoms with Gasteiger partial charge in [0.05, 0.1) is 14.2 Å². The van der Waals surface area contributed by atoms with E-state index in [9.17, 15) is 20.1 Å². The molecule has 27 heavy (non-hydrogen) atoms. The molecule has 0 aliphatic rings. The lowest BCUT2D eigenvalue weighted by Crippen LogP contribution is -1.89. The summed E-state index contributed by atoms with van der Waals surface area (Å²) in [6, 6.07) is 9.41. The van der Waals surface area contributed by atoms with E-state index in [0.717, 1.165) is 6.08 Å². The number of rotatable bonds is 7. The monoisotopic (exact) mass is 368 g/mol. The van der Waals surface area contributed by atoms with Crippen molar-refractivity contribution in [2.24, 2.45) is 0 Å². The Hall–Kier alpha value is -3.67. The van der Waals surface area contributed by atoms with E-state index in [-0.39, 0.29) is 17.3 Å². The summed E-state index contributed by atoms with van der Waals surface area (Å²) < 4.78 is 9.98. The second kappa shape index (κ2) is 9.15. The first-order valence-electron chi connectivity index (χ1n) is 7.97. The first-order chi connectivity index (χ1) is 12.9. The van der Waals surface area contributed by atoms with Crippen LogP contribution < -0.4 is 9.47 Å². The molecule has 3 N–H and O–H groups in total. The Kier molecular flexibility index (Phi) is 6.66. The average Bonchev–Trinajstić information content (AvgIpc) is 2.65. The number of aliphatic hydroxyl groups is 1. The summed E-state index contributed by atoms with van der Waals surface area (Å²) in [5, 5.41) is 29.5. The third-order valence-corrected chi connectivity index (χ3v) is 3.63. The van der Waals surface area contributed by atoms with Crippen LogP contribution in [0.4, 0.5) is 0 Å². The molecule has 6 heteroatoms. The Morgan fingerprint density at radius 3 is 1.78 bits per heavy atom. The highest BCUT2D eigenvalue weighted by Gasteiger charge is 2.02. The number of carbonyl (C=O) groups excluding carboxylic acids is 1. The maximum absolute atomic E-state index is 11.9. The third kappa shape index (κ3) is 5.67. The van der Waals surface area contributed by atoms with Gasteiger partial charge in [0.15, 0.2) is 5.78 Å². The van der Waals surface area contributed by atoms with Gasteiger partial charge in [-0.05, 0) is 48.6 Å². The third-order valence-electron chi connectivity index (χ3n) is 3.63. The lowest BCUT2D eigenvalue weighted by Gasteiger charge is -2.03. The molecular formula is C21H20O6. The molecule has 0 aliphatic heterocycles. The molecule has 140 valence electrons. The van der Waals surface area contributed by atoms with Crippen molar-refractivity contribution in [2.45, 2.75) is 0 Å². The molecule has 0 atom stereocenters. The second-order valence-electron chi connectivity index (χ2n) is 5.49. The Balaban J connectivity index is 2.05. The zero-order chi connectivity index (χ0) is 19.8. The predicted octanol–water partition coefficient (Wildman–Crippen LogP) is 3.85. The number of methoxy groups -OCH3 is 2. The quantitative estimate of drug-likeness (QED) is 0.390. The van der Waals surface area contributed by atoms with Crippen LogP contribution in [0.2, 0.25) is 0 Å². The first-order valence-corrected chi connectivity index (χ1v) is 7.97. The zero-order valence-corrected chi connectivity index (χ0v) is 14.9. The summed E-state index contributed by atoms with van der Waals surface area (Å²) in [5.41, 5.74) is 0.901. The molecule has 0 spiro atoms. The largest absolute Gasteiger partial charge is 0.508 e. The minimum atomic E-state index is -0.466. The Bertz CT molecular complexity index is 909. The van der Waals surface area contributed by atoms with E-state index in [1.165, 1.54) is 50.7 Å². The Morgan fingerprint density at radius 2 is 1.33 bits per heavy atom. The minimum Gasteiger partial charge on any atom is -0.508 e. The number of ether oxygens (including phenoxy) is 2. The van der Waals surface area contributed by atoms with Gasteiger partial charge in [-0.25, -0.2) is 0 Å². The number of benzene rings is 2. The van der Waals surface area contributed by atoms with Gasteiger partial charge in [0.25, 0.3) is 0 Å². The topological polar surface area (TPSA) is 96.2 Å². The molecule has 0 heterocycles. The van der Waals surface area contributed by atoms with Crippen molar-refractivity contribution in [3.05, 3.63) is 71.5 Å². The fraction of sp³-hybridized carbons (Fsp3) is 0.0952. The summed E-state index contributed by atoms with van der Waals surface area (Å²) in [6.07, 6.45) is 6.43. The van der Waals surface area contributed by atoms with Crippen LogP contribution >= 0.6 is 0 Å². The number of carbonyl (C=O) groups is 1. The predicted molar refractivity (Wildman–Crippen MR) is 103 cm³/mol. The van der Waals surface area contributed by atoms with Gasteiger partial charge in [0.1, 0.15) is 28.8 Å². The maximum atomic E-state index is 11.9. The standard InChI is InChI=1S/C21H20O6/c1-26-18-9-5-14(20(24)12-18)3-7-16(22)11-17(23)8-4-15-6-10-19(27-2)13-21(15)25/h3-13,22,24-25H,1-2H3/b7-3+,8-4+,16-11-. The van der Waals surface area contributed by atoms with Crippen molar-refractivity contribution in [3.63, 3.8) is 0 Å². The van der Waals surface area contributed by atoms with Gasteiger partial charge >= 0.3 is 0 Å². The Labute approximate surface area is 156 Å². The van der Waals surface area contributed by atoms with Gasteiger partial charge in [0.2, 0.25) is 0 Å². The summed E-state index contributed by atoms with van der Waals surface area (Å²) in [6.45, 7) is 0. The average molecular weight is 368 g/mol. The number of allylic oxidation sites excluding steroid dienone is 3. The SMILES string of the molecule is COc1ccc(/C=C/C(=O)/C=C(O)/C=C/c2ccc(OC)cc2O)c(O)c1. The molecule has 6 nitrogen and oxygen atoms in total. The van der Waals surface area contributed by atoms with Gasteiger partial charge in [-0.1, -0.05) is 0 Å². The van der Waals surface area contributed by atoms with Crippen molar-refractivity contribution in [3.8, 4) is 23.0 Å². The number of phenols is 2. The molecule has 2 rings (SSSR count). The minimum absolute atomic E-state index is 0.0143. The van der Waals surface area contributed by atoms with E-state index in [1.807, 2.05) is 0 Å². The van der Waals surface area contributed by atoms with Gasteiger partial charge in [-0.15, -0.1) is 0 Å². The molecule has 0 amide bonds. The van der Waals surface area contributed by atoms with Crippen LogP contribution in [0.5, 0.6) is 23.0 Å². The summed E-state index contributed by atoms with van der Waals surface area (Å²) in [5.74, 6) is 0.221. The fourth-order valence-corrected chi connectivity index (χ4v) is 2.17. The van der Waals surface area contributed by atoms with Gasteiger partial charge in [-0.3, -0.25) is 4.79 Å². The molecule has 2 aromatic carbocycles. The molecule has 0 saturated heterocycles. The lowest BCUT2D eigenvalue weighted by atomic mass is 10.1. The van der Waals surface area contributed by atoms with Crippen LogP contribution in [0, 0.1) is 0 Å². The van der Waals surface area contributed by atoms with Crippen LogP contribution in [-0.4, -0.2) is 35.3 Å². The van der Waals surface area contributed by atoms with Crippen LogP contribution in [0.1, 0.15) is 11.1 Å². The van der Waals surface area contributed by atoms with Gasteiger partial charge in [-0.2, -0.15) is 0 Å². The molecule has 0 unspecified atom stereocenters. The number of aliphatic hydroxyl groups excluding tert-OH is 1. The van der Waals surface area contributed by atoms with E-state index in [1.54, 1.807) is 24.3 Å². The van der Waals surface area contributed by atoms with Crippen LogP contribution in [0.3, 0.4) is 0 Å². The summed E-state index contributed by atoms with van der Waals surface area (Å²) in [7, 11) is 2.98. The van der Waals surface area contributed by atoms with Crippen LogP contribution in [-0.2, 0) is 4.79 Å². The highest BCUT2D eigenvalue weighted by Crippen LogP contribution is 2.25. The molecular weight excluding hydrogens is 348 g/mol. The van der Waals surface area contributed by atoms with Crippen molar-refractivity contribution >= 4 is 17.9 Å². The van der Waals surface area contributed by atoms with Gasteiger partial charge < -0.3 is 24.8 Å². The van der Waals surface area contributed by atoms with Crippen molar-refractivity contribution < 1.29 is 29.6 Å². The van der Waals surface area contributed by atoms with E-state index >= 15 is 0 Å². The van der Waals surface area contributed by atoms with Crippen molar-refractivity contribution in [1.29, 1.82) is 0 Å². The second-order valence-corrected chi connectivity index (χ2v) is 5.49. The molecule has 0 radical (unpaired) electrons. The highest BCUT2D eigenvalue weighted by atomic mass is 16.5. The molecule has 0 aliphatic carbocycles. The summed E-state index contributed by atoms with van der Waals surface area (Å²) >= 11 is 0. The number of hydrogen-bond donors (Lipinski definition) is 3. The van der Waals surface area contributed by atoms with Crippen LogP contribution in [0.15, 0.2) is 60.4 Å². The van der Waals surface area contributed by atoms with E-state index < -0.39 is 5.78 Å². The number of aromatic hydroxyl groups is 2. The van der Waals surface area contributed by atoms with Crippen LogP contribution in [0.25, 0.3) is 12.2 Å². The molecule has 0 saturated carbocycles. The number of phenolic OH excluding ortho intramolecular Hbond substituents is 2. The van der Waals surface area contributed by atoms with E-state index in [2.05, 4.69) is 0 Å². The Morgan fingerprint density at radius 1 is 0.852 bits per heavy atom. The normalized spacial score (nSPS) is 11.9. The van der Waals surface area contributed by atoms with Crippen molar-refractivity contribution in [2.75, 3.05) is 14.2 Å². The summed E-state index contributed by atoms with van der Waals surface area (Å²) in [4.78, 5) is 11.9. The zero-order valence-electron chi connectivity index (χ0n) is 14.9. The van der Waals surface area contributed by atoms with Crippen molar-refractivity contribution in [1.82, 2.24) is 0 Å². The maximum Gasteiger partial charge on any atom is 0.182 e. The molecule has 0 bridgehead atoms. The fourth-order valence-electron chi connectivity index (χ4n) is 2.17.